The van der Waals surface area contributed by atoms with E-state index in [1.165, 1.54) is 116 Å². The van der Waals surface area contributed by atoms with Crippen molar-refractivity contribution >= 4 is 29.2 Å². The van der Waals surface area contributed by atoms with Crippen molar-refractivity contribution in [3.05, 3.63) is 132 Å². The molecule has 0 saturated carbocycles. The summed E-state index contributed by atoms with van der Waals surface area (Å²) in [4.78, 5) is 17.7. The van der Waals surface area contributed by atoms with Gasteiger partial charge in [0.25, 0.3) is 0 Å². The maximum absolute atomic E-state index is 13.0. The van der Waals surface area contributed by atoms with Crippen LogP contribution in [-0.2, 0) is 0 Å². The average molecular weight is 850 g/mol. The second-order valence-corrected chi connectivity index (χ2v) is 16.6. The molecule has 0 heterocycles. The Bertz CT molecular complexity index is 2040. The van der Waals surface area contributed by atoms with Gasteiger partial charge in [-0.05, 0) is 114 Å². The Morgan fingerprint density at radius 3 is 1.35 bits per heavy atom. The molecule has 5 rings (SSSR count). The lowest BCUT2D eigenvalue weighted by Gasteiger charge is -2.09. The standard InChI is InChI=1S/C56H71N3O4/c1-3-5-7-9-11-13-15-17-19-21-42-61-53-38-30-48(31-39-53)47-26-28-49(29-27-47)56(60)63-55-25-23-24-46(44-55)45-57-50-32-34-51(35-33-50)58-59-52-36-40-54(41-37-52)62-43-22-20-18-16-14-12-10-8-6-4-2/h23-41,44-45H,3-22,42-43H2,1-2H3. The number of unbranched alkanes of at least 4 members (excludes halogenated alkanes) is 18. The minimum Gasteiger partial charge on any atom is -0.494 e. The van der Waals surface area contributed by atoms with Gasteiger partial charge in [0.15, 0.2) is 0 Å². The quantitative estimate of drug-likeness (QED) is 0.0146. The van der Waals surface area contributed by atoms with Gasteiger partial charge in [-0.25, -0.2) is 4.79 Å². The number of esters is 1. The third kappa shape index (κ3) is 19.6. The number of nitrogens with zero attached hydrogens (tertiary/aromatic N) is 3. The second-order valence-electron chi connectivity index (χ2n) is 16.6. The fraction of sp³-hybridized carbons (Fsp3) is 0.429. The lowest BCUT2D eigenvalue weighted by atomic mass is 10.0. The topological polar surface area (TPSA) is 81.8 Å². The Hall–Kier alpha value is -5.56. The van der Waals surface area contributed by atoms with Crippen molar-refractivity contribution < 1.29 is 19.0 Å². The number of rotatable bonds is 31. The normalized spacial score (nSPS) is 11.4. The molecule has 0 bridgehead atoms. The van der Waals surface area contributed by atoms with Crippen LogP contribution in [0.4, 0.5) is 17.1 Å². The molecule has 5 aromatic rings. The molecule has 7 heteroatoms. The number of carbonyl (C=O) groups excluding carboxylic acids is 1. The predicted octanol–water partition coefficient (Wildman–Crippen LogP) is 17.3. The first-order chi connectivity index (χ1) is 31.1. The molecule has 0 N–H and O–H groups in total. The summed E-state index contributed by atoms with van der Waals surface area (Å²) in [6.07, 6.45) is 28.0. The van der Waals surface area contributed by atoms with Crippen LogP contribution in [0.25, 0.3) is 11.1 Å². The zero-order valence-corrected chi connectivity index (χ0v) is 38.2. The molecular formula is C56H71N3O4. The zero-order chi connectivity index (χ0) is 44.0. The van der Waals surface area contributed by atoms with Gasteiger partial charge in [0.2, 0.25) is 0 Å². The highest BCUT2D eigenvalue weighted by atomic mass is 16.5. The van der Waals surface area contributed by atoms with Crippen molar-refractivity contribution in [3.63, 3.8) is 0 Å². The Balaban J connectivity index is 0.978. The van der Waals surface area contributed by atoms with Crippen LogP contribution in [-0.4, -0.2) is 25.4 Å². The van der Waals surface area contributed by atoms with Crippen LogP contribution in [0.2, 0.25) is 0 Å². The number of hydrogen-bond donors (Lipinski definition) is 0. The summed E-state index contributed by atoms with van der Waals surface area (Å²) in [7, 11) is 0. The molecule has 0 aliphatic carbocycles. The minimum absolute atomic E-state index is 0.417. The minimum atomic E-state index is -0.417. The third-order valence-electron chi connectivity index (χ3n) is 11.2. The van der Waals surface area contributed by atoms with Crippen LogP contribution in [0, 0.1) is 0 Å². The van der Waals surface area contributed by atoms with E-state index in [-0.39, 0.29) is 0 Å². The number of azo groups is 1. The predicted molar refractivity (Wildman–Crippen MR) is 262 cm³/mol. The summed E-state index contributed by atoms with van der Waals surface area (Å²) < 4.78 is 17.7. The van der Waals surface area contributed by atoms with E-state index < -0.39 is 5.97 Å². The van der Waals surface area contributed by atoms with E-state index in [4.69, 9.17) is 14.2 Å². The Kier molecular flexibility index (Phi) is 22.8. The molecule has 0 fully saturated rings. The van der Waals surface area contributed by atoms with Crippen LogP contribution in [0.5, 0.6) is 17.2 Å². The summed E-state index contributed by atoms with van der Waals surface area (Å²) in [5, 5.41) is 8.78. The third-order valence-corrected chi connectivity index (χ3v) is 11.2. The van der Waals surface area contributed by atoms with Gasteiger partial charge in [-0.15, -0.1) is 0 Å². The molecule has 0 aliphatic rings. The van der Waals surface area contributed by atoms with E-state index in [2.05, 4.69) is 41.2 Å². The summed E-state index contributed by atoms with van der Waals surface area (Å²) in [6, 6.07) is 38.3. The summed E-state index contributed by atoms with van der Waals surface area (Å²) in [6.45, 7) is 6.03. The molecule has 0 radical (unpaired) electrons. The average Bonchev–Trinajstić information content (AvgIpc) is 3.32. The van der Waals surface area contributed by atoms with Crippen LogP contribution < -0.4 is 14.2 Å². The SMILES string of the molecule is CCCCCCCCCCCCOc1ccc(N=Nc2ccc(N=Cc3cccc(OC(=O)c4ccc(-c5ccc(OCCCCCCCCCCCC)cc5)cc4)c3)cc2)cc1. The van der Waals surface area contributed by atoms with Crippen molar-refractivity contribution in [1.82, 2.24) is 0 Å². The highest BCUT2D eigenvalue weighted by molar-refractivity contribution is 5.92. The summed E-state index contributed by atoms with van der Waals surface area (Å²) in [5.74, 6) is 1.78. The fourth-order valence-electron chi connectivity index (χ4n) is 7.40. The summed E-state index contributed by atoms with van der Waals surface area (Å²) >= 11 is 0. The molecule has 0 amide bonds. The molecule has 7 nitrogen and oxygen atoms in total. The van der Waals surface area contributed by atoms with Crippen molar-refractivity contribution in [1.29, 1.82) is 0 Å². The number of aliphatic imine (C=N–C) groups is 1. The molecule has 5 aromatic carbocycles. The number of benzene rings is 5. The largest absolute Gasteiger partial charge is 0.494 e. The molecule has 0 spiro atoms. The Morgan fingerprint density at radius 2 is 0.857 bits per heavy atom. The highest BCUT2D eigenvalue weighted by Crippen LogP contribution is 2.26. The van der Waals surface area contributed by atoms with Crippen LogP contribution in [0.1, 0.15) is 158 Å². The lowest BCUT2D eigenvalue weighted by molar-refractivity contribution is 0.0734. The monoisotopic (exact) mass is 850 g/mol. The van der Waals surface area contributed by atoms with Crippen LogP contribution in [0.15, 0.2) is 137 Å². The second kappa shape index (κ2) is 29.7. The number of ether oxygens (including phenoxy) is 3. The number of hydrogen-bond acceptors (Lipinski definition) is 7. The van der Waals surface area contributed by atoms with Gasteiger partial charge < -0.3 is 14.2 Å². The van der Waals surface area contributed by atoms with Crippen molar-refractivity contribution in [3.8, 4) is 28.4 Å². The van der Waals surface area contributed by atoms with E-state index in [0.29, 0.717) is 11.3 Å². The van der Waals surface area contributed by atoms with Gasteiger partial charge in [-0.1, -0.05) is 166 Å². The molecule has 0 atom stereocenters. The molecule has 0 saturated heterocycles. The number of carbonyl (C=O) groups is 1. The fourth-order valence-corrected chi connectivity index (χ4v) is 7.40. The van der Waals surface area contributed by atoms with E-state index in [9.17, 15) is 4.79 Å². The molecular weight excluding hydrogens is 779 g/mol. The van der Waals surface area contributed by atoms with Crippen molar-refractivity contribution in [2.75, 3.05) is 13.2 Å². The first-order valence-electron chi connectivity index (χ1n) is 24.0. The van der Waals surface area contributed by atoms with Gasteiger partial charge in [0, 0.05) is 6.21 Å². The molecule has 0 aromatic heterocycles. The van der Waals surface area contributed by atoms with Gasteiger partial charge in [0.05, 0.1) is 35.8 Å². The van der Waals surface area contributed by atoms with Gasteiger partial charge in [-0.3, -0.25) is 4.99 Å². The summed E-state index contributed by atoms with van der Waals surface area (Å²) in [5.41, 5.74) is 5.64. The molecule has 0 aliphatic heterocycles. The molecule has 0 unspecified atom stereocenters. The van der Waals surface area contributed by atoms with Crippen LogP contribution >= 0.6 is 0 Å². The van der Waals surface area contributed by atoms with Crippen LogP contribution in [0.3, 0.4) is 0 Å². The van der Waals surface area contributed by atoms with E-state index in [1.54, 1.807) is 30.5 Å². The maximum Gasteiger partial charge on any atom is 0.343 e. The first-order valence-corrected chi connectivity index (χ1v) is 24.0. The maximum atomic E-state index is 13.0. The molecule has 63 heavy (non-hydrogen) atoms. The smallest absolute Gasteiger partial charge is 0.343 e. The van der Waals surface area contributed by atoms with Gasteiger partial charge >= 0.3 is 5.97 Å². The van der Waals surface area contributed by atoms with E-state index >= 15 is 0 Å². The lowest BCUT2D eigenvalue weighted by Crippen LogP contribution is -2.08. The highest BCUT2D eigenvalue weighted by Gasteiger charge is 2.10. The van der Waals surface area contributed by atoms with E-state index in [1.807, 2.05) is 84.9 Å². The van der Waals surface area contributed by atoms with Crippen molar-refractivity contribution in [2.45, 2.75) is 142 Å². The van der Waals surface area contributed by atoms with Gasteiger partial charge in [0.1, 0.15) is 17.2 Å². The van der Waals surface area contributed by atoms with Crippen molar-refractivity contribution in [2.24, 2.45) is 15.2 Å². The molecule has 334 valence electrons. The Labute approximate surface area is 378 Å². The van der Waals surface area contributed by atoms with Gasteiger partial charge in [-0.2, -0.15) is 10.2 Å². The Morgan fingerprint density at radius 1 is 0.444 bits per heavy atom. The first kappa shape index (κ1) is 48.5. The zero-order valence-electron chi connectivity index (χ0n) is 38.2. The van der Waals surface area contributed by atoms with E-state index in [0.717, 1.165) is 71.3 Å².